The number of halogens is 3. The van der Waals surface area contributed by atoms with Crippen LogP contribution in [0.15, 0.2) is 36.4 Å². The van der Waals surface area contributed by atoms with E-state index in [4.69, 9.17) is 4.74 Å². The normalized spacial score (nSPS) is 11.3. The summed E-state index contributed by atoms with van der Waals surface area (Å²) in [4.78, 5) is 13.3. The van der Waals surface area contributed by atoms with Crippen molar-refractivity contribution in [1.82, 2.24) is 9.78 Å². The van der Waals surface area contributed by atoms with Crippen LogP contribution in [-0.2, 0) is 18.0 Å². The highest BCUT2D eigenvalue weighted by Gasteiger charge is 2.35. The lowest BCUT2D eigenvalue weighted by Crippen LogP contribution is -2.31. The number of likely N-dealkylation sites (N-methyl/N-ethyl adjacent to an activating group) is 1. The number of hydrogen-bond donors (Lipinski definition) is 0. The molecule has 2 rings (SSSR count). The van der Waals surface area contributed by atoms with E-state index in [1.807, 2.05) is 6.07 Å². The number of para-hydroxylation sites is 1. The van der Waals surface area contributed by atoms with Crippen molar-refractivity contribution in [2.24, 2.45) is 7.05 Å². The minimum Gasteiger partial charge on any atom is -0.466 e. The Bertz CT molecular complexity index is 653. The molecule has 22 heavy (non-hydrogen) atoms. The third kappa shape index (κ3) is 3.57. The first-order valence-corrected chi connectivity index (χ1v) is 6.34. The molecule has 0 bridgehead atoms. The van der Waals surface area contributed by atoms with Crippen molar-refractivity contribution >= 4 is 11.6 Å². The smallest absolute Gasteiger partial charge is 0.433 e. The lowest BCUT2D eigenvalue weighted by molar-refractivity contribution is -0.143. The van der Waals surface area contributed by atoms with Gasteiger partial charge in [-0.15, -0.1) is 5.10 Å². The molecule has 118 valence electrons. The number of hydrogen-bond acceptors (Lipinski definition) is 3. The Kier molecular flexibility index (Phi) is 4.39. The van der Waals surface area contributed by atoms with Gasteiger partial charge in [0.15, 0.2) is 6.61 Å². The van der Waals surface area contributed by atoms with Gasteiger partial charge in [0, 0.05) is 25.8 Å². The molecule has 0 aliphatic rings. The minimum absolute atomic E-state index is 0.246. The quantitative estimate of drug-likeness (QED) is 0.871. The molecule has 2 aromatic rings. The SMILES string of the molecule is CN(C(=O)COc1cc(C(F)(F)F)n(C)n1)c1ccccc1. The van der Waals surface area contributed by atoms with Crippen LogP contribution in [0.1, 0.15) is 5.69 Å². The highest BCUT2D eigenvalue weighted by Crippen LogP contribution is 2.30. The highest BCUT2D eigenvalue weighted by atomic mass is 19.4. The second-order valence-corrected chi connectivity index (χ2v) is 4.57. The van der Waals surface area contributed by atoms with Gasteiger partial charge in [-0.3, -0.25) is 9.48 Å². The molecule has 0 aliphatic carbocycles. The number of benzene rings is 1. The van der Waals surface area contributed by atoms with E-state index in [0.29, 0.717) is 10.4 Å². The maximum absolute atomic E-state index is 12.6. The summed E-state index contributed by atoms with van der Waals surface area (Å²) >= 11 is 0. The molecule has 0 N–H and O–H groups in total. The summed E-state index contributed by atoms with van der Waals surface area (Å²) < 4.78 is 43.6. The van der Waals surface area contributed by atoms with Crippen LogP contribution < -0.4 is 9.64 Å². The minimum atomic E-state index is -4.52. The van der Waals surface area contributed by atoms with E-state index in [1.54, 1.807) is 31.3 Å². The van der Waals surface area contributed by atoms with Gasteiger partial charge in [0.25, 0.3) is 5.91 Å². The fraction of sp³-hybridized carbons (Fsp3) is 0.286. The molecule has 5 nitrogen and oxygen atoms in total. The topological polar surface area (TPSA) is 47.4 Å². The first-order chi connectivity index (χ1) is 10.3. The summed E-state index contributed by atoms with van der Waals surface area (Å²) in [5, 5.41) is 3.58. The summed E-state index contributed by atoms with van der Waals surface area (Å²) in [5.41, 5.74) is -0.278. The van der Waals surface area contributed by atoms with Crippen LogP contribution in [0.25, 0.3) is 0 Å². The average molecular weight is 313 g/mol. The van der Waals surface area contributed by atoms with Crippen LogP contribution in [0.4, 0.5) is 18.9 Å². The van der Waals surface area contributed by atoms with Crippen LogP contribution in [0.3, 0.4) is 0 Å². The number of nitrogens with zero attached hydrogens (tertiary/aromatic N) is 3. The van der Waals surface area contributed by atoms with E-state index in [-0.39, 0.29) is 5.88 Å². The van der Waals surface area contributed by atoms with Gasteiger partial charge in [-0.2, -0.15) is 13.2 Å². The van der Waals surface area contributed by atoms with Crippen molar-refractivity contribution in [2.75, 3.05) is 18.6 Å². The summed E-state index contributed by atoms with van der Waals surface area (Å²) in [6, 6.07) is 9.59. The van der Waals surface area contributed by atoms with E-state index >= 15 is 0 Å². The molecule has 0 atom stereocenters. The molecule has 1 aromatic carbocycles. The number of alkyl halides is 3. The van der Waals surface area contributed by atoms with Crippen molar-refractivity contribution in [3.05, 3.63) is 42.1 Å². The number of ether oxygens (including phenoxy) is 1. The second kappa shape index (κ2) is 6.08. The molecule has 0 radical (unpaired) electrons. The Balaban J connectivity index is 2.00. The molecule has 0 unspecified atom stereocenters. The predicted molar refractivity (Wildman–Crippen MR) is 73.6 cm³/mol. The fourth-order valence-corrected chi connectivity index (χ4v) is 1.80. The molecule has 0 saturated carbocycles. The third-order valence-electron chi connectivity index (χ3n) is 3.01. The first-order valence-electron chi connectivity index (χ1n) is 6.34. The van der Waals surface area contributed by atoms with Crippen molar-refractivity contribution in [1.29, 1.82) is 0 Å². The monoisotopic (exact) mass is 313 g/mol. The zero-order valence-electron chi connectivity index (χ0n) is 12.0. The Morgan fingerprint density at radius 3 is 2.50 bits per heavy atom. The van der Waals surface area contributed by atoms with Crippen LogP contribution in [0, 0.1) is 0 Å². The zero-order valence-corrected chi connectivity index (χ0v) is 12.0. The highest BCUT2D eigenvalue weighted by molar-refractivity contribution is 5.93. The molecular formula is C14H14F3N3O2. The Hall–Kier alpha value is -2.51. The first kappa shape index (κ1) is 15.9. The van der Waals surface area contributed by atoms with Gasteiger partial charge in [0.1, 0.15) is 5.69 Å². The standard InChI is InChI=1S/C14H14F3N3O2/c1-19(10-6-4-3-5-7-10)13(21)9-22-12-8-11(14(15,16)17)20(2)18-12/h3-8H,9H2,1-2H3. The number of rotatable bonds is 4. The van der Waals surface area contributed by atoms with Crippen LogP contribution in [0.5, 0.6) is 5.88 Å². The summed E-state index contributed by atoms with van der Waals surface area (Å²) in [6.07, 6.45) is -4.52. The predicted octanol–water partition coefficient (Wildman–Crippen LogP) is 2.48. The number of anilines is 1. The van der Waals surface area contributed by atoms with Crippen LogP contribution in [-0.4, -0.2) is 29.3 Å². The summed E-state index contributed by atoms with van der Waals surface area (Å²) in [7, 11) is 2.72. The third-order valence-corrected chi connectivity index (χ3v) is 3.01. The Morgan fingerprint density at radius 1 is 1.32 bits per heavy atom. The van der Waals surface area contributed by atoms with Crippen LogP contribution >= 0.6 is 0 Å². The number of carbonyl (C=O) groups excluding carboxylic acids is 1. The number of carbonyl (C=O) groups is 1. The average Bonchev–Trinajstić information content (AvgIpc) is 2.86. The van der Waals surface area contributed by atoms with Crippen molar-refractivity contribution in [2.45, 2.75) is 6.18 Å². The maximum atomic E-state index is 12.6. The Labute approximate surface area is 124 Å². The number of aromatic nitrogens is 2. The largest absolute Gasteiger partial charge is 0.466 e. The van der Waals surface area contributed by atoms with E-state index in [0.717, 1.165) is 13.1 Å². The Morgan fingerprint density at radius 2 is 1.95 bits per heavy atom. The van der Waals surface area contributed by atoms with Gasteiger partial charge in [-0.25, -0.2) is 0 Å². The van der Waals surface area contributed by atoms with Gasteiger partial charge < -0.3 is 9.64 Å². The molecular weight excluding hydrogens is 299 g/mol. The van der Waals surface area contributed by atoms with E-state index in [9.17, 15) is 18.0 Å². The van der Waals surface area contributed by atoms with Crippen LogP contribution in [0.2, 0.25) is 0 Å². The van der Waals surface area contributed by atoms with Crippen molar-refractivity contribution in [3.63, 3.8) is 0 Å². The summed E-state index contributed by atoms with van der Waals surface area (Å²) in [6.45, 7) is -0.403. The second-order valence-electron chi connectivity index (χ2n) is 4.57. The van der Waals surface area contributed by atoms with Gasteiger partial charge in [0.05, 0.1) is 0 Å². The zero-order chi connectivity index (χ0) is 16.3. The maximum Gasteiger partial charge on any atom is 0.433 e. The molecule has 8 heteroatoms. The fourth-order valence-electron chi connectivity index (χ4n) is 1.80. The molecule has 1 heterocycles. The van der Waals surface area contributed by atoms with Crippen molar-refractivity contribution in [3.8, 4) is 5.88 Å². The molecule has 0 aliphatic heterocycles. The lowest BCUT2D eigenvalue weighted by atomic mass is 10.3. The lowest BCUT2D eigenvalue weighted by Gasteiger charge is -2.16. The van der Waals surface area contributed by atoms with Gasteiger partial charge in [0.2, 0.25) is 5.88 Å². The molecule has 1 amide bonds. The summed E-state index contributed by atoms with van der Waals surface area (Å²) in [5.74, 6) is -0.643. The van der Waals surface area contributed by atoms with E-state index < -0.39 is 24.4 Å². The molecule has 1 aromatic heterocycles. The van der Waals surface area contributed by atoms with Gasteiger partial charge in [-0.05, 0) is 12.1 Å². The molecule has 0 spiro atoms. The van der Waals surface area contributed by atoms with E-state index in [2.05, 4.69) is 5.10 Å². The van der Waals surface area contributed by atoms with Gasteiger partial charge >= 0.3 is 6.18 Å². The van der Waals surface area contributed by atoms with E-state index in [1.165, 1.54) is 4.90 Å². The number of aryl methyl sites for hydroxylation is 1. The van der Waals surface area contributed by atoms with Gasteiger partial charge in [-0.1, -0.05) is 18.2 Å². The van der Waals surface area contributed by atoms with Crippen molar-refractivity contribution < 1.29 is 22.7 Å². The molecule has 0 saturated heterocycles. The molecule has 0 fully saturated rings. The number of amides is 1.